The molecule has 3 rings (SSSR count). The largest absolute Gasteiger partial charge is 0.468 e. The summed E-state index contributed by atoms with van der Waals surface area (Å²) in [7, 11) is 2.42. The zero-order valence-electron chi connectivity index (χ0n) is 20.9. The van der Waals surface area contributed by atoms with E-state index in [0.717, 1.165) is 42.1 Å². The Labute approximate surface area is 219 Å². The summed E-state index contributed by atoms with van der Waals surface area (Å²) in [4.78, 5) is 50.2. The molecule has 0 radical (unpaired) electrons. The Morgan fingerprint density at radius 3 is 2.41 bits per heavy atom. The van der Waals surface area contributed by atoms with Crippen LogP contribution in [0.3, 0.4) is 0 Å². The number of allylic oxidation sites excluding steroid dienone is 1. The van der Waals surface area contributed by atoms with Crippen molar-refractivity contribution in [3.63, 3.8) is 0 Å². The van der Waals surface area contributed by atoms with Gasteiger partial charge in [0.1, 0.15) is 5.92 Å². The number of ether oxygens (including phenoxy) is 2. The number of thioether (sulfide) groups is 1. The van der Waals surface area contributed by atoms with Crippen LogP contribution in [0.25, 0.3) is 0 Å². The molecule has 0 spiro atoms. The summed E-state index contributed by atoms with van der Waals surface area (Å²) in [5.41, 5.74) is 3.52. The molecule has 1 aliphatic rings. The summed E-state index contributed by atoms with van der Waals surface area (Å²) >= 11 is 0.999. The van der Waals surface area contributed by atoms with Gasteiger partial charge in [-0.05, 0) is 42.2 Å². The SMILES string of the molecule is CCc1cccc(C)c1NC(=O)CSC1=C(C#N)[C@@H](c2ccc(C(=O)OC)cc2)[C@H](C(=O)OC)C(=O)N1. The molecule has 0 fully saturated rings. The number of amides is 2. The fraction of sp³-hybridized carbons (Fsp3) is 0.296. The Morgan fingerprint density at radius 2 is 1.81 bits per heavy atom. The molecule has 1 heterocycles. The number of nitrogens with zero attached hydrogens (tertiary/aromatic N) is 1. The first-order valence-corrected chi connectivity index (χ1v) is 12.5. The van der Waals surface area contributed by atoms with Gasteiger partial charge in [0.25, 0.3) is 0 Å². The minimum absolute atomic E-state index is 0.0742. The van der Waals surface area contributed by atoms with Gasteiger partial charge in [-0.25, -0.2) is 4.79 Å². The van der Waals surface area contributed by atoms with Crippen LogP contribution in [0.5, 0.6) is 0 Å². The van der Waals surface area contributed by atoms with Crippen LogP contribution in [-0.4, -0.2) is 43.7 Å². The quantitative estimate of drug-likeness (QED) is 0.398. The second-order valence-electron chi connectivity index (χ2n) is 8.24. The molecule has 0 bridgehead atoms. The maximum atomic E-state index is 13.0. The van der Waals surface area contributed by atoms with E-state index in [1.165, 1.54) is 19.2 Å². The normalized spacial score (nSPS) is 16.9. The Hall–Kier alpha value is -4.10. The maximum absolute atomic E-state index is 13.0. The topological polar surface area (TPSA) is 135 Å². The predicted octanol–water partition coefficient (Wildman–Crippen LogP) is 3.45. The van der Waals surface area contributed by atoms with Crippen molar-refractivity contribution in [2.24, 2.45) is 5.92 Å². The second kappa shape index (κ2) is 12.2. The van der Waals surface area contributed by atoms with Crippen molar-refractivity contribution in [1.82, 2.24) is 5.32 Å². The van der Waals surface area contributed by atoms with Gasteiger partial charge in [0.2, 0.25) is 11.8 Å². The average molecular weight is 522 g/mol. The van der Waals surface area contributed by atoms with E-state index in [1.54, 1.807) is 12.1 Å². The molecular formula is C27H27N3O6S. The van der Waals surface area contributed by atoms with E-state index in [4.69, 9.17) is 9.47 Å². The maximum Gasteiger partial charge on any atom is 0.337 e. The monoisotopic (exact) mass is 521 g/mol. The molecular weight excluding hydrogens is 494 g/mol. The third-order valence-electron chi connectivity index (χ3n) is 6.03. The minimum Gasteiger partial charge on any atom is -0.468 e. The van der Waals surface area contributed by atoms with Crippen molar-refractivity contribution in [2.75, 3.05) is 25.3 Å². The van der Waals surface area contributed by atoms with Crippen molar-refractivity contribution < 1.29 is 28.7 Å². The van der Waals surface area contributed by atoms with Gasteiger partial charge in [-0.3, -0.25) is 14.4 Å². The van der Waals surface area contributed by atoms with Crippen LogP contribution in [0.2, 0.25) is 0 Å². The molecule has 37 heavy (non-hydrogen) atoms. The van der Waals surface area contributed by atoms with E-state index in [9.17, 15) is 24.4 Å². The zero-order chi connectivity index (χ0) is 27.1. The molecule has 192 valence electrons. The van der Waals surface area contributed by atoms with Crippen LogP contribution in [-0.2, 0) is 30.3 Å². The van der Waals surface area contributed by atoms with Crippen LogP contribution < -0.4 is 10.6 Å². The number of nitrogens with one attached hydrogen (secondary N) is 2. The van der Waals surface area contributed by atoms with E-state index < -0.39 is 29.7 Å². The Kier molecular flexibility index (Phi) is 9.09. The summed E-state index contributed by atoms with van der Waals surface area (Å²) in [6.07, 6.45) is 0.746. The van der Waals surface area contributed by atoms with Crippen LogP contribution >= 0.6 is 11.8 Å². The lowest BCUT2D eigenvalue weighted by Crippen LogP contribution is -2.44. The average Bonchev–Trinajstić information content (AvgIpc) is 2.91. The highest BCUT2D eigenvalue weighted by molar-refractivity contribution is 8.03. The second-order valence-corrected chi connectivity index (χ2v) is 9.22. The molecule has 0 unspecified atom stereocenters. The van der Waals surface area contributed by atoms with E-state index in [1.807, 2.05) is 32.0 Å². The molecule has 10 heteroatoms. The molecule has 1 aliphatic heterocycles. The molecule has 0 aliphatic carbocycles. The molecule has 2 atom stereocenters. The van der Waals surface area contributed by atoms with Gasteiger partial charge >= 0.3 is 11.9 Å². The molecule has 2 aromatic rings. The van der Waals surface area contributed by atoms with Gasteiger partial charge in [-0.15, -0.1) is 0 Å². The molecule has 0 saturated heterocycles. The third kappa shape index (κ3) is 6.01. The first-order valence-electron chi connectivity index (χ1n) is 11.5. The molecule has 2 N–H and O–H groups in total. The summed E-state index contributed by atoms with van der Waals surface area (Å²) in [6.45, 7) is 3.90. The lowest BCUT2D eigenvalue weighted by atomic mass is 9.78. The lowest BCUT2D eigenvalue weighted by Gasteiger charge is -2.31. The molecule has 2 aromatic carbocycles. The van der Waals surface area contributed by atoms with E-state index in [2.05, 4.69) is 16.7 Å². The fourth-order valence-electron chi connectivity index (χ4n) is 4.14. The molecule has 2 amide bonds. The van der Waals surface area contributed by atoms with Crippen LogP contribution in [0.4, 0.5) is 5.69 Å². The highest BCUT2D eigenvalue weighted by atomic mass is 32.2. The number of anilines is 1. The number of para-hydroxylation sites is 1. The number of hydrogen-bond donors (Lipinski definition) is 2. The third-order valence-corrected chi connectivity index (χ3v) is 7.04. The fourth-order valence-corrected chi connectivity index (χ4v) is 4.99. The summed E-state index contributed by atoms with van der Waals surface area (Å²) in [5.74, 6) is -4.66. The van der Waals surface area contributed by atoms with Gasteiger partial charge in [0.15, 0.2) is 0 Å². The Morgan fingerprint density at radius 1 is 1.11 bits per heavy atom. The predicted molar refractivity (Wildman–Crippen MR) is 138 cm³/mol. The standard InChI is InChI=1S/C27H27N3O6S/c1-5-16-8-6-7-15(2)23(16)29-20(31)14-37-25-19(13-28)21(22(24(32)30-25)27(34)36-4)17-9-11-18(12-10-17)26(33)35-3/h6-12,21-22H,5,14H2,1-4H3,(H,29,31)(H,30,32)/t21-,22+/m1/s1. The van der Waals surface area contributed by atoms with Crippen molar-refractivity contribution in [3.05, 3.63) is 75.3 Å². The van der Waals surface area contributed by atoms with Gasteiger partial charge < -0.3 is 20.1 Å². The number of nitriles is 1. The number of rotatable bonds is 8. The number of carbonyl (C=O) groups excluding carboxylic acids is 4. The van der Waals surface area contributed by atoms with Crippen LogP contribution in [0, 0.1) is 24.2 Å². The Bertz CT molecular complexity index is 1300. The number of carbonyl (C=O) groups is 4. The smallest absolute Gasteiger partial charge is 0.337 e. The van der Waals surface area contributed by atoms with E-state index in [0.29, 0.717) is 5.56 Å². The number of aryl methyl sites for hydroxylation is 2. The van der Waals surface area contributed by atoms with Gasteiger partial charge in [-0.1, -0.05) is 49.0 Å². The number of benzene rings is 2. The summed E-state index contributed by atoms with van der Waals surface area (Å²) in [5, 5.41) is 15.7. The Balaban J connectivity index is 1.92. The van der Waals surface area contributed by atoms with Gasteiger partial charge in [-0.2, -0.15) is 5.26 Å². The lowest BCUT2D eigenvalue weighted by molar-refractivity contribution is -0.150. The highest BCUT2D eigenvalue weighted by Gasteiger charge is 2.44. The van der Waals surface area contributed by atoms with Crippen LogP contribution in [0.15, 0.2) is 53.1 Å². The van der Waals surface area contributed by atoms with Crippen molar-refractivity contribution in [1.29, 1.82) is 5.26 Å². The zero-order valence-corrected chi connectivity index (χ0v) is 21.7. The first kappa shape index (κ1) is 27.5. The van der Waals surface area contributed by atoms with Gasteiger partial charge in [0, 0.05) is 11.6 Å². The summed E-state index contributed by atoms with van der Waals surface area (Å²) in [6, 6.07) is 14.0. The van der Waals surface area contributed by atoms with Crippen molar-refractivity contribution in [2.45, 2.75) is 26.2 Å². The molecule has 0 saturated carbocycles. The highest BCUT2D eigenvalue weighted by Crippen LogP contribution is 2.40. The van der Waals surface area contributed by atoms with Crippen LogP contribution in [0.1, 0.15) is 39.9 Å². The van der Waals surface area contributed by atoms with E-state index >= 15 is 0 Å². The minimum atomic E-state index is -1.32. The number of hydrogen-bond acceptors (Lipinski definition) is 8. The molecule has 9 nitrogen and oxygen atoms in total. The summed E-state index contributed by atoms with van der Waals surface area (Å²) < 4.78 is 9.55. The number of esters is 2. The van der Waals surface area contributed by atoms with Crippen molar-refractivity contribution in [3.8, 4) is 6.07 Å². The number of methoxy groups -OCH3 is 2. The first-order chi connectivity index (χ1) is 17.7. The van der Waals surface area contributed by atoms with Crippen molar-refractivity contribution >= 4 is 41.2 Å². The van der Waals surface area contributed by atoms with E-state index in [-0.39, 0.29) is 27.8 Å². The molecule has 0 aromatic heterocycles. The van der Waals surface area contributed by atoms with Gasteiger partial charge in [0.05, 0.1) is 42.2 Å².